The first kappa shape index (κ1) is 19.4. The molecule has 0 aliphatic carbocycles. The zero-order valence-corrected chi connectivity index (χ0v) is 17.5. The summed E-state index contributed by atoms with van der Waals surface area (Å²) in [6.45, 7) is 11.5. The summed E-state index contributed by atoms with van der Waals surface area (Å²) in [5.41, 5.74) is 8.16. The summed E-state index contributed by atoms with van der Waals surface area (Å²) in [6, 6.07) is 9.53. The summed E-state index contributed by atoms with van der Waals surface area (Å²) < 4.78 is 0. The summed E-state index contributed by atoms with van der Waals surface area (Å²) in [5.74, 6) is 0. The molecule has 1 atom stereocenters. The van der Waals surface area contributed by atoms with Crippen molar-refractivity contribution in [3.63, 3.8) is 0 Å². The number of hydrogen-bond donors (Lipinski definition) is 2. The van der Waals surface area contributed by atoms with Gasteiger partial charge >= 0.3 is 0 Å². The normalized spacial score (nSPS) is 19.7. The molecule has 0 saturated carbocycles. The first-order valence-corrected chi connectivity index (χ1v) is 10.5. The molecule has 0 radical (unpaired) electrons. The second kappa shape index (κ2) is 8.60. The van der Waals surface area contributed by atoms with Crippen molar-refractivity contribution < 1.29 is 0 Å². The molecule has 150 valence electrons. The number of benzene rings is 1. The molecular formula is C23H33N5. The van der Waals surface area contributed by atoms with Gasteiger partial charge in [0.1, 0.15) is 0 Å². The van der Waals surface area contributed by atoms with E-state index < -0.39 is 0 Å². The molecule has 4 rings (SSSR count). The smallest absolute Gasteiger partial charge is 0.0573 e. The number of hydrogen-bond acceptors (Lipinski definition) is 5. The maximum absolute atomic E-state index is 4.65. The SMILES string of the molecule is Cc1cnc(CN(C)CC2Cc3c(cccc3N3CCNCC3)CN2)c(C)c1. The van der Waals surface area contributed by atoms with Crippen LogP contribution in [-0.2, 0) is 19.5 Å². The van der Waals surface area contributed by atoms with Crippen LogP contribution in [0.3, 0.4) is 0 Å². The number of aromatic nitrogens is 1. The van der Waals surface area contributed by atoms with Crippen molar-refractivity contribution in [3.8, 4) is 0 Å². The molecule has 0 amide bonds. The molecule has 1 aromatic heterocycles. The van der Waals surface area contributed by atoms with Crippen molar-refractivity contribution in [3.05, 3.63) is 58.4 Å². The summed E-state index contributed by atoms with van der Waals surface area (Å²) in [4.78, 5) is 9.61. The zero-order valence-electron chi connectivity index (χ0n) is 17.5. The maximum atomic E-state index is 4.65. The predicted octanol–water partition coefficient (Wildman–Crippen LogP) is 2.25. The Bertz CT molecular complexity index is 813. The highest BCUT2D eigenvalue weighted by atomic mass is 15.2. The lowest BCUT2D eigenvalue weighted by Crippen LogP contribution is -2.46. The fraction of sp³-hybridized carbons (Fsp3) is 0.522. The highest BCUT2D eigenvalue weighted by molar-refractivity contribution is 5.58. The van der Waals surface area contributed by atoms with Crippen LogP contribution < -0.4 is 15.5 Å². The standard InChI is InChI=1S/C23H33N5/c1-17-11-18(2)22(26-13-17)16-27(3)15-20-12-21-19(14-25-20)5-4-6-23(21)28-9-7-24-8-10-28/h4-6,11,13,20,24-25H,7-10,12,14-16H2,1-3H3. The molecule has 1 fully saturated rings. The molecule has 2 aromatic rings. The number of nitrogens with zero attached hydrogens (tertiary/aromatic N) is 3. The Morgan fingerprint density at radius 3 is 2.82 bits per heavy atom. The summed E-state index contributed by atoms with van der Waals surface area (Å²) >= 11 is 0. The van der Waals surface area contributed by atoms with E-state index in [1.807, 2.05) is 6.20 Å². The topological polar surface area (TPSA) is 43.4 Å². The molecule has 28 heavy (non-hydrogen) atoms. The minimum absolute atomic E-state index is 0.479. The van der Waals surface area contributed by atoms with Crippen LogP contribution in [-0.4, -0.2) is 55.7 Å². The molecule has 5 nitrogen and oxygen atoms in total. The Balaban J connectivity index is 1.43. The second-order valence-electron chi connectivity index (χ2n) is 8.41. The second-order valence-corrected chi connectivity index (χ2v) is 8.41. The van der Waals surface area contributed by atoms with Gasteiger partial charge in [0, 0.05) is 63.7 Å². The van der Waals surface area contributed by atoms with Crippen LogP contribution in [0.4, 0.5) is 5.69 Å². The highest BCUT2D eigenvalue weighted by Gasteiger charge is 2.24. The van der Waals surface area contributed by atoms with E-state index in [-0.39, 0.29) is 0 Å². The van der Waals surface area contributed by atoms with Crippen LogP contribution in [0.2, 0.25) is 0 Å². The highest BCUT2D eigenvalue weighted by Crippen LogP contribution is 2.28. The third-order valence-corrected chi connectivity index (χ3v) is 6.01. The Labute approximate surface area is 169 Å². The lowest BCUT2D eigenvalue weighted by molar-refractivity contribution is 0.271. The van der Waals surface area contributed by atoms with E-state index in [9.17, 15) is 0 Å². The predicted molar refractivity (Wildman–Crippen MR) is 116 cm³/mol. The number of pyridine rings is 1. The van der Waals surface area contributed by atoms with Gasteiger partial charge in [0.05, 0.1) is 5.69 Å². The molecule has 0 spiro atoms. The molecule has 1 unspecified atom stereocenters. The lowest BCUT2D eigenvalue weighted by atomic mass is 9.93. The molecular weight excluding hydrogens is 346 g/mol. The van der Waals surface area contributed by atoms with E-state index in [2.05, 4.69) is 70.6 Å². The van der Waals surface area contributed by atoms with Gasteiger partial charge in [-0.05, 0) is 55.6 Å². The van der Waals surface area contributed by atoms with Gasteiger partial charge in [-0.2, -0.15) is 0 Å². The summed E-state index contributed by atoms with van der Waals surface area (Å²) in [6.07, 6.45) is 3.07. The van der Waals surface area contributed by atoms with Gasteiger partial charge in [0.2, 0.25) is 0 Å². The van der Waals surface area contributed by atoms with Crippen molar-refractivity contribution in [1.82, 2.24) is 20.5 Å². The number of anilines is 1. The first-order chi connectivity index (χ1) is 13.6. The Morgan fingerprint density at radius 1 is 1.21 bits per heavy atom. The van der Waals surface area contributed by atoms with Gasteiger partial charge in [0.25, 0.3) is 0 Å². The minimum Gasteiger partial charge on any atom is -0.369 e. The third kappa shape index (κ3) is 4.37. The average molecular weight is 380 g/mol. The molecule has 0 bridgehead atoms. The maximum Gasteiger partial charge on any atom is 0.0573 e. The number of rotatable bonds is 5. The molecule has 2 aliphatic heterocycles. The largest absolute Gasteiger partial charge is 0.369 e. The van der Waals surface area contributed by atoms with Gasteiger partial charge in [-0.1, -0.05) is 18.2 Å². The van der Waals surface area contributed by atoms with Crippen molar-refractivity contribution in [2.24, 2.45) is 0 Å². The molecule has 1 aromatic carbocycles. The Kier molecular flexibility index (Phi) is 5.95. The number of aryl methyl sites for hydroxylation is 2. The monoisotopic (exact) mass is 379 g/mol. The summed E-state index contributed by atoms with van der Waals surface area (Å²) in [5, 5.41) is 7.22. The van der Waals surface area contributed by atoms with Crippen LogP contribution in [0.25, 0.3) is 0 Å². The molecule has 2 N–H and O–H groups in total. The van der Waals surface area contributed by atoms with Crippen LogP contribution >= 0.6 is 0 Å². The van der Waals surface area contributed by atoms with E-state index in [0.717, 1.165) is 52.2 Å². The van der Waals surface area contributed by atoms with Crippen LogP contribution in [0.5, 0.6) is 0 Å². The minimum atomic E-state index is 0.479. The van der Waals surface area contributed by atoms with Crippen molar-refractivity contribution in [2.75, 3.05) is 44.7 Å². The van der Waals surface area contributed by atoms with Gasteiger partial charge < -0.3 is 15.5 Å². The van der Waals surface area contributed by atoms with E-state index in [4.69, 9.17) is 0 Å². The fourth-order valence-electron chi connectivity index (χ4n) is 4.53. The van der Waals surface area contributed by atoms with Crippen molar-refractivity contribution >= 4 is 5.69 Å². The fourth-order valence-corrected chi connectivity index (χ4v) is 4.53. The lowest BCUT2D eigenvalue weighted by Gasteiger charge is -2.36. The van der Waals surface area contributed by atoms with E-state index in [1.165, 1.54) is 28.1 Å². The molecule has 5 heteroatoms. The van der Waals surface area contributed by atoms with Gasteiger partial charge in [0.15, 0.2) is 0 Å². The van der Waals surface area contributed by atoms with Crippen LogP contribution in [0.1, 0.15) is 27.9 Å². The zero-order chi connectivity index (χ0) is 19.5. The number of piperazine rings is 1. The molecule has 1 saturated heterocycles. The number of fused-ring (bicyclic) bond motifs is 1. The Hall–Kier alpha value is -1.95. The number of likely N-dealkylation sites (N-methyl/N-ethyl adjacent to an activating group) is 1. The molecule has 3 heterocycles. The van der Waals surface area contributed by atoms with Crippen molar-refractivity contribution in [1.29, 1.82) is 0 Å². The summed E-state index contributed by atoms with van der Waals surface area (Å²) in [7, 11) is 2.21. The number of nitrogens with one attached hydrogen (secondary N) is 2. The third-order valence-electron chi connectivity index (χ3n) is 6.01. The quantitative estimate of drug-likeness (QED) is 0.834. The van der Waals surface area contributed by atoms with Crippen LogP contribution in [0.15, 0.2) is 30.5 Å². The van der Waals surface area contributed by atoms with E-state index in [0.29, 0.717) is 6.04 Å². The van der Waals surface area contributed by atoms with Crippen molar-refractivity contribution in [2.45, 2.75) is 39.4 Å². The van der Waals surface area contributed by atoms with E-state index >= 15 is 0 Å². The van der Waals surface area contributed by atoms with Gasteiger partial charge in [-0.15, -0.1) is 0 Å². The first-order valence-electron chi connectivity index (χ1n) is 10.5. The van der Waals surface area contributed by atoms with Gasteiger partial charge in [-0.3, -0.25) is 9.88 Å². The average Bonchev–Trinajstić information content (AvgIpc) is 2.70. The Morgan fingerprint density at radius 2 is 2.04 bits per heavy atom. The van der Waals surface area contributed by atoms with Gasteiger partial charge in [-0.25, -0.2) is 0 Å². The molecule has 2 aliphatic rings. The van der Waals surface area contributed by atoms with E-state index in [1.54, 1.807) is 5.56 Å². The van der Waals surface area contributed by atoms with Crippen LogP contribution in [0, 0.1) is 13.8 Å².